The molecule has 0 bridgehead atoms. The van der Waals surface area contributed by atoms with Gasteiger partial charge in [-0.1, -0.05) is 30.3 Å². The van der Waals surface area contributed by atoms with Crippen LogP contribution in [-0.2, 0) is 21.2 Å². The van der Waals surface area contributed by atoms with E-state index in [2.05, 4.69) is 15.0 Å². The first-order valence-corrected chi connectivity index (χ1v) is 9.30. The highest BCUT2D eigenvalue weighted by Gasteiger charge is 2.21. The van der Waals surface area contributed by atoms with Gasteiger partial charge in [-0.2, -0.15) is 0 Å². The molecule has 1 unspecified atom stereocenters. The van der Waals surface area contributed by atoms with Crippen molar-refractivity contribution in [1.82, 2.24) is 15.0 Å². The van der Waals surface area contributed by atoms with Crippen LogP contribution in [0.25, 0.3) is 0 Å². The highest BCUT2D eigenvalue weighted by molar-refractivity contribution is 7.89. The van der Waals surface area contributed by atoms with Crippen molar-refractivity contribution in [2.24, 2.45) is 0 Å². The standard InChI is InChI=1S/C17H21N3O3S/c1-18-24(22,23)12-11-20-17(21)16(15-5-3-2-4-6-15)13-14-7-9-19-10-8-14/h2-10,16,18H,11-13H2,1H3,(H,20,21). The Kier molecular flexibility index (Phi) is 6.45. The van der Waals surface area contributed by atoms with Crippen LogP contribution in [0.3, 0.4) is 0 Å². The highest BCUT2D eigenvalue weighted by atomic mass is 32.2. The molecule has 0 saturated heterocycles. The van der Waals surface area contributed by atoms with Crippen molar-refractivity contribution >= 4 is 15.9 Å². The minimum atomic E-state index is -3.34. The molecule has 2 rings (SSSR count). The summed E-state index contributed by atoms with van der Waals surface area (Å²) in [7, 11) is -1.98. The molecule has 0 aliphatic heterocycles. The number of aromatic nitrogens is 1. The summed E-state index contributed by atoms with van der Waals surface area (Å²) in [5.74, 6) is -0.721. The summed E-state index contributed by atoms with van der Waals surface area (Å²) in [5, 5.41) is 2.72. The topological polar surface area (TPSA) is 88.2 Å². The third kappa shape index (κ3) is 5.43. The minimum absolute atomic E-state index is 0.0711. The Morgan fingerprint density at radius 1 is 1.12 bits per heavy atom. The number of nitrogens with one attached hydrogen (secondary N) is 2. The van der Waals surface area contributed by atoms with Crippen LogP contribution in [0.4, 0.5) is 0 Å². The Morgan fingerprint density at radius 3 is 2.42 bits per heavy atom. The summed E-state index contributed by atoms with van der Waals surface area (Å²) in [6, 6.07) is 13.2. The van der Waals surface area contributed by atoms with Crippen LogP contribution < -0.4 is 10.0 Å². The van der Waals surface area contributed by atoms with E-state index in [0.717, 1.165) is 11.1 Å². The fourth-order valence-corrected chi connectivity index (χ4v) is 2.91. The zero-order valence-corrected chi connectivity index (χ0v) is 14.3. The molecule has 1 amide bonds. The van der Waals surface area contributed by atoms with Gasteiger partial charge in [-0.15, -0.1) is 0 Å². The normalized spacial score (nSPS) is 12.5. The van der Waals surface area contributed by atoms with Crippen molar-refractivity contribution in [3.05, 3.63) is 66.0 Å². The molecule has 7 heteroatoms. The molecular weight excluding hydrogens is 326 g/mol. The molecular formula is C17H21N3O3S. The average Bonchev–Trinajstić information content (AvgIpc) is 2.61. The van der Waals surface area contributed by atoms with Gasteiger partial charge >= 0.3 is 0 Å². The number of nitrogens with zero attached hydrogens (tertiary/aromatic N) is 1. The van der Waals surface area contributed by atoms with E-state index < -0.39 is 10.0 Å². The predicted octanol–water partition coefficient (Wildman–Crippen LogP) is 1.07. The van der Waals surface area contributed by atoms with Crippen LogP contribution in [0.5, 0.6) is 0 Å². The van der Waals surface area contributed by atoms with Gasteiger partial charge in [0.15, 0.2) is 0 Å². The predicted molar refractivity (Wildman–Crippen MR) is 93.0 cm³/mol. The highest BCUT2D eigenvalue weighted by Crippen LogP contribution is 2.21. The first kappa shape index (κ1) is 18.1. The van der Waals surface area contributed by atoms with Crippen LogP contribution in [0.15, 0.2) is 54.9 Å². The van der Waals surface area contributed by atoms with Crippen LogP contribution >= 0.6 is 0 Å². The van der Waals surface area contributed by atoms with E-state index in [1.165, 1.54) is 7.05 Å². The van der Waals surface area contributed by atoms with Crippen LogP contribution in [0.1, 0.15) is 17.0 Å². The number of hydrogen-bond donors (Lipinski definition) is 2. The molecule has 2 aromatic rings. The summed E-state index contributed by atoms with van der Waals surface area (Å²) in [5.41, 5.74) is 1.89. The third-order valence-electron chi connectivity index (χ3n) is 3.69. The van der Waals surface area contributed by atoms with Gasteiger partial charge in [-0.05, 0) is 36.7 Å². The van der Waals surface area contributed by atoms with Crippen molar-refractivity contribution in [2.45, 2.75) is 12.3 Å². The van der Waals surface area contributed by atoms with E-state index in [9.17, 15) is 13.2 Å². The third-order valence-corrected chi connectivity index (χ3v) is 5.05. The van der Waals surface area contributed by atoms with Crippen molar-refractivity contribution in [3.8, 4) is 0 Å². The quantitative estimate of drug-likeness (QED) is 0.748. The number of sulfonamides is 1. The van der Waals surface area contributed by atoms with Gasteiger partial charge in [-0.3, -0.25) is 9.78 Å². The minimum Gasteiger partial charge on any atom is -0.354 e. The molecule has 1 aromatic carbocycles. The van der Waals surface area contributed by atoms with Gasteiger partial charge in [0.25, 0.3) is 0 Å². The van der Waals surface area contributed by atoms with Crippen molar-refractivity contribution in [3.63, 3.8) is 0 Å². The monoisotopic (exact) mass is 347 g/mol. The number of carbonyl (C=O) groups excluding carboxylic acids is 1. The Labute approximate surface area is 142 Å². The van der Waals surface area contributed by atoms with E-state index >= 15 is 0 Å². The zero-order valence-electron chi connectivity index (χ0n) is 13.5. The van der Waals surface area contributed by atoms with Gasteiger partial charge in [-0.25, -0.2) is 13.1 Å². The lowest BCUT2D eigenvalue weighted by Gasteiger charge is -2.17. The summed E-state index contributed by atoms with van der Waals surface area (Å²) in [4.78, 5) is 16.6. The fourth-order valence-electron chi connectivity index (χ4n) is 2.34. The lowest BCUT2D eigenvalue weighted by molar-refractivity contribution is -0.122. The van der Waals surface area contributed by atoms with Crippen LogP contribution in [0, 0.1) is 0 Å². The number of rotatable bonds is 8. The molecule has 0 spiro atoms. The molecule has 0 saturated carbocycles. The smallest absolute Gasteiger partial charge is 0.227 e. The first-order valence-electron chi connectivity index (χ1n) is 7.64. The molecule has 1 heterocycles. The van der Waals surface area contributed by atoms with Gasteiger partial charge in [0, 0.05) is 18.9 Å². The molecule has 0 aliphatic rings. The lowest BCUT2D eigenvalue weighted by atomic mass is 9.91. The second kappa shape index (κ2) is 8.56. The lowest BCUT2D eigenvalue weighted by Crippen LogP contribution is -2.36. The number of benzene rings is 1. The van der Waals surface area contributed by atoms with Crippen molar-refractivity contribution < 1.29 is 13.2 Å². The maximum atomic E-state index is 12.6. The average molecular weight is 347 g/mol. The first-order chi connectivity index (χ1) is 11.5. The number of carbonyl (C=O) groups is 1. The van der Waals surface area contributed by atoms with Crippen molar-refractivity contribution in [2.75, 3.05) is 19.3 Å². The maximum absolute atomic E-state index is 12.6. The molecule has 1 atom stereocenters. The number of pyridine rings is 1. The Morgan fingerprint density at radius 2 is 1.79 bits per heavy atom. The molecule has 0 fully saturated rings. The Hall–Kier alpha value is -2.25. The van der Waals surface area contributed by atoms with E-state index in [1.54, 1.807) is 12.4 Å². The zero-order chi connectivity index (χ0) is 17.4. The molecule has 24 heavy (non-hydrogen) atoms. The largest absolute Gasteiger partial charge is 0.354 e. The van der Waals surface area contributed by atoms with Gasteiger partial charge in [0.2, 0.25) is 15.9 Å². The molecule has 0 radical (unpaired) electrons. The fraction of sp³-hybridized carbons (Fsp3) is 0.294. The van der Waals surface area contributed by atoms with Gasteiger partial charge in [0.1, 0.15) is 0 Å². The molecule has 6 nitrogen and oxygen atoms in total. The second-order valence-corrected chi connectivity index (χ2v) is 7.38. The van der Waals surface area contributed by atoms with Gasteiger partial charge < -0.3 is 5.32 Å². The van der Waals surface area contributed by atoms with Crippen LogP contribution in [-0.4, -0.2) is 38.7 Å². The maximum Gasteiger partial charge on any atom is 0.227 e. The Bertz CT molecular complexity index is 749. The summed E-state index contributed by atoms with van der Waals surface area (Å²) in [6.07, 6.45) is 3.90. The van der Waals surface area contributed by atoms with E-state index in [4.69, 9.17) is 0 Å². The summed E-state index contributed by atoms with van der Waals surface area (Å²) in [6.45, 7) is 0.0711. The van der Waals surface area contributed by atoms with Gasteiger partial charge in [0.05, 0.1) is 11.7 Å². The number of amides is 1. The number of hydrogen-bond acceptors (Lipinski definition) is 4. The second-order valence-electron chi connectivity index (χ2n) is 5.34. The molecule has 128 valence electrons. The molecule has 0 aliphatic carbocycles. The summed E-state index contributed by atoms with van der Waals surface area (Å²) >= 11 is 0. The van der Waals surface area contributed by atoms with E-state index in [0.29, 0.717) is 6.42 Å². The van der Waals surface area contributed by atoms with E-state index in [1.807, 2.05) is 42.5 Å². The SMILES string of the molecule is CNS(=O)(=O)CCNC(=O)C(Cc1ccncc1)c1ccccc1. The summed E-state index contributed by atoms with van der Waals surface area (Å²) < 4.78 is 25.1. The van der Waals surface area contributed by atoms with Crippen molar-refractivity contribution in [1.29, 1.82) is 0 Å². The Balaban J connectivity index is 2.09. The van der Waals surface area contributed by atoms with E-state index in [-0.39, 0.29) is 24.1 Å². The molecule has 2 N–H and O–H groups in total. The van der Waals surface area contributed by atoms with Crippen LogP contribution in [0.2, 0.25) is 0 Å². The molecule has 1 aromatic heterocycles.